The first-order valence-corrected chi connectivity index (χ1v) is 11.5. The lowest BCUT2D eigenvalue weighted by Gasteiger charge is -2.25. The Bertz CT molecular complexity index is 448. The molecule has 0 saturated carbocycles. The van der Waals surface area contributed by atoms with Gasteiger partial charge in [-0.1, -0.05) is 29.1 Å². The van der Waals surface area contributed by atoms with E-state index >= 15 is 0 Å². The summed E-state index contributed by atoms with van der Waals surface area (Å²) in [6.07, 6.45) is 1.14. The van der Waals surface area contributed by atoms with Gasteiger partial charge in [0.05, 0.1) is 0 Å². The van der Waals surface area contributed by atoms with E-state index in [-0.39, 0.29) is 32.7 Å². The highest BCUT2D eigenvalue weighted by Gasteiger charge is 2.32. The number of hydrogen-bond donors (Lipinski definition) is 0. The highest BCUT2D eigenvalue weighted by atomic mass is 127. The fourth-order valence-electron chi connectivity index (χ4n) is 1.65. The molecule has 0 spiro atoms. The van der Waals surface area contributed by atoms with Crippen LogP contribution in [0.25, 0.3) is 0 Å². The molecule has 0 aliphatic heterocycles. The van der Waals surface area contributed by atoms with Crippen molar-refractivity contribution in [3.05, 3.63) is 30.3 Å². The molecule has 0 aliphatic rings. The molecule has 2 atom stereocenters. The van der Waals surface area contributed by atoms with E-state index in [1.54, 1.807) is 0 Å². The van der Waals surface area contributed by atoms with E-state index in [1.165, 1.54) is 0 Å². The van der Waals surface area contributed by atoms with Crippen LogP contribution < -0.4 is 4.52 Å². The SMILES string of the molecule is CC=ICCC(C)P(=O)(COCC)Oc1ccccc1. The second kappa shape index (κ2) is 9.69. The highest BCUT2D eigenvalue weighted by Crippen LogP contribution is 2.53. The summed E-state index contributed by atoms with van der Waals surface area (Å²) < 4.78 is 27.7. The molecular formula is C15H24IO3P. The standard InChI is InChI=1S/C15H24IO3P/c1-4-16-12-11-14(3)20(17,13-18-5-2)19-15-9-7-6-8-10-15/h4,6-10,14H,5,11-13H2,1-3H3. The number of benzene rings is 1. The fourth-order valence-corrected chi connectivity index (χ4v) is 5.98. The number of ether oxygens (including phenoxy) is 1. The number of para-hydroxylation sites is 1. The highest BCUT2D eigenvalue weighted by molar-refractivity contribution is 14.2. The summed E-state index contributed by atoms with van der Waals surface area (Å²) >= 11 is 0.130. The lowest BCUT2D eigenvalue weighted by Crippen LogP contribution is -2.14. The van der Waals surface area contributed by atoms with E-state index < -0.39 is 7.37 Å². The molecule has 0 aromatic heterocycles. The van der Waals surface area contributed by atoms with E-state index in [1.807, 2.05) is 44.2 Å². The van der Waals surface area contributed by atoms with Crippen LogP contribution in [0, 0.1) is 0 Å². The molecule has 0 saturated heterocycles. The largest absolute Gasteiger partial charge is 0.441 e. The number of alkyl halides is 1. The smallest absolute Gasteiger partial charge is 0.275 e. The van der Waals surface area contributed by atoms with Crippen molar-refractivity contribution in [2.45, 2.75) is 32.9 Å². The van der Waals surface area contributed by atoms with Crippen molar-refractivity contribution >= 4 is 32.1 Å². The molecule has 0 amide bonds. The molecule has 0 heterocycles. The van der Waals surface area contributed by atoms with Crippen molar-refractivity contribution in [3.63, 3.8) is 0 Å². The van der Waals surface area contributed by atoms with Gasteiger partial charge >= 0.3 is 0 Å². The Hall–Kier alpha value is -0.190. The third kappa shape index (κ3) is 6.06. The topological polar surface area (TPSA) is 35.5 Å². The van der Waals surface area contributed by atoms with Crippen LogP contribution in [0.1, 0.15) is 27.2 Å². The van der Waals surface area contributed by atoms with Crippen LogP contribution in [0.2, 0.25) is 0 Å². The molecule has 3 nitrogen and oxygen atoms in total. The van der Waals surface area contributed by atoms with Crippen molar-refractivity contribution in [1.82, 2.24) is 0 Å². The first-order valence-electron chi connectivity index (χ1n) is 6.89. The monoisotopic (exact) mass is 410 g/mol. The summed E-state index contributed by atoms with van der Waals surface area (Å²) in [5.74, 6) is 0.666. The fraction of sp³-hybridized carbons (Fsp3) is 0.533. The molecule has 5 heteroatoms. The van der Waals surface area contributed by atoms with Crippen LogP contribution in [0.15, 0.2) is 30.3 Å². The number of hydrogen-bond acceptors (Lipinski definition) is 3. The van der Waals surface area contributed by atoms with Crippen LogP contribution in [0.4, 0.5) is 0 Å². The summed E-state index contributed by atoms with van der Waals surface area (Å²) in [4.78, 5) is 0. The zero-order valence-corrected chi connectivity index (χ0v) is 15.5. The van der Waals surface area contributed by atoms with Crippen LogP contribution in [-0.2, 0) is 9.30 Å². The Morgan fingerprint density at radius 1 is 1.35 bits per heavy atom. The number of rotatable bonds is 9. The molecule has 1 aromatic carbocycles. The maximum Gasteiger partial charge on any atom is 0.275 e. The Labute approximate surface area is 132 Å². The molecule has 114 valence electrons. The van der Waals surface area contributed by atoms with E-state index in [4.69, 9.17) is 9.26 Å². The Morgan fingerprint density at radius 3 is 2.65 bits per heavy atom. The minimum Gasteiger partial charge on any atom is -0.441 e. The third-order valence-electron chi connectivity index (χ3n) is 2.94. The molecular weight excluding hydrogens is 386 g/mol. The van der Waals surface area contributed by atoms with Gasteiger partial charge in [-0.15, -0.1) is 20.7 Å². The van der Waals surface area contributed by atoms with Crippen molar-refractivity contribution in [1.29, 1.82) is 0 Å². The van der Waals surface area contributed by atoms with E-state index in [2.05, 4.69) is 10.9 Å². The van der Waals surface area contributed by atoms with Crippen LogP contribution >= 0.6 is 28.1 Å². The second-order valence-electron chi connectivity index (χ2n) is 4.45. The molecule has 0 bridgehead atoms. The van der Waals surface area contributed by atoms with Gasteiger partial charge in [-0.25, -0.2) is 0 Å². The van der Waals surface area contributed by atoms with Crippen molar-refractivity contribution in [2.75, 3.05) is 17.4 Å². The lowest BCUT2D eigenvalue weighted by atomic mass is 10.3. The van der Waals surface area contributed by atoms with E-state index in [9.17, 15) is 4.57 Å². The van der Waals surface area contributed by atoms with Crippen LogP contribution in [0.3, 0.4) is 0 Å². The predicted octanol–water partition coefficient (Wildman–Crippen LogP) is 4.91. The summed E-state index contributed by atoms with van der Waals surface area (Å²) in [7, 11) is -2.81. The van der Waals surface area contributed by atoms with Gasteiger partial charge in [0.25, 0.3) is 7.37 Å². The summed E-state index contributed by atoms with van der Waals surface area (Å²) in [5.41, 5.74) is 0.0360. The molecule has 1 aromatic rings. The molecule has 0 fully saturated rings. The Balaban J connectivity index is 2.76. The maximum atomic E-state index is 13.1. The molecule has 2 unspecified atom stereocenters. The molecule has 20 heavy (non-hydrogen) atoms. The van der Waals surface area contributed by atoms with E-state index in [0.717, 1.165) is 10.8 Å². The molecule has 0 aliphatic carbocycles. The quantitative estimate of drug-likeness (QED) is 0.330. The van der Waals surface area contributed by atoms with Crippen molar-refractivity contribution < 1.29 is 13.8 Å². The molecule has 0 N–H and O–H groups in total. The first-order chi connectivity index (χ1) is 9.62. The Morgan fingerprint density at radius 2 is 2.05 bits per heavy atom. The van der Waals surface area contributed by atoms with Crippen LogP contribution in [0.5, 0.6) is 5.75 Å². The maximum absolute atomic E-state index is 13.1. The van der Waals surface area contributed by atoms with Gasteiger partial charge in [0.1, 0.15) is 12.1 Å². The summed E-state index contributed by atoms with van der Waals surface area (Å²) in [6.45, 7) is 6.58. The van der Waals surface area contributed by atoms with Gasteiger partial charge in [-0.05, 0) is 36.8 Å². The average Bonchev–Trinajstić information content (AvgIpc) is 2.46. The summed E-state index contributed by atoms with van der Waals surface area (Å²) in [6, 6.07) is 9.40. The van der Waals surface area contributed by atoms with Crippen LogP contribution in [-0.4, -0.2) is 27.1 Å². The Kier molecular flexibility index (Phi) is 8.66. The molecule has 0 radical (unpaired) electrons. The van der Waals surface area contributed by atoms with Gasteiger partial charge in [0, 0.05) is 12.3 Å². The predicted molar refractivity (Wildman–Crippen MR) is 95.9 cm³/mol. The summed E-state index contributed by atoms with van der Waals surface area (Å²) in [5, 5.41) is 0. The average molecular weight is 410 g/mol. The van der Waals surface area contributed by atoms with E-state index in [0.29, 0.717) is 12.4 Å². The van der Waals surface area contributed by atoms with Gasteiger partial charge in [-0.3, -0.25) is 4.57 Å². The molecule has 1 rings (SSSR count). The number of halogens is 1. The minimum absolute atomic E-state index is 0.0360. The normalized spacial score (nSPS) is 16.4. The second-order valence-corrected chi connectivity index (χ2v) is 10.4. The van der Waals surface area contributed by atoms with Crippen molar-refractivity contribution in [2.24, 2.45) is 0 Å². The van der Waals surface area contributed by atoms with Gasteiger partial charge in [0.15, 0.2) is 0 Å². The van der Waals surface area contributed by atoms with Gasteiger partial charge < -0.3 is 9.26 Å². The van der Waals surface area contributed by atoms with Gasteiger partial charge in [0.2, 0.25) is 0 Å². The van der Waals surface area contributed by atoms with Crippen molar-refractivity contribution in [3.8, 4) is 5.75 Å². The third-order valence-corrected chi connectivity index (χ3v) is 7.73. The lowest BCUT2D eigenvalue weighted by molar-refractivity contribution is 0.183. The minimum atomic E-state index is -2.81. The van der Waals surface area contributed by atoms with Gasteiger partial charge in [-0.2, -0.15) is 0 Å². The zero-order valence-electron chi connectivity index (χ0n) is 12.4. The first kappa shape index (κ1) is 17.9. The zero-order chi connectivity index (χ0) is 14.8.